The van der Waals surface area contributed by atoms with Gasteiger partial charge < -0.3 is 10.1 Å². The highest BCUT2D eigenvalue weighted by molar-refractivity contribution is 5.77. The summed E-state index contributed by atoms with van der Waals surface area (Å²) in [4.78, 5) is 11.3. The fourth-order valence-electron chi connectivity index (χ4n) is 1.40. The van der Waals surface area contributed by atoms with Crippen molar-refractivity contribution in [3.8, 4) is 18.1 Å². The SMILES string of the molecule is C#CCNC(=O)COc1cccc(C(C)(C)C)c1. The Balaban J connectivity index is 2.58. The Hall–Kier alpha value is -1.95. The van der Waals surface area contributed by atoms with Crippen molar-refractivity contribution in [3.63, 3.8) is 0 Å². The van der Waals surface area contributed by atoms with Crippen molar-refractivity contribution in [2.75, 3.05) is 13.2 Å². The molecule has 0 aliphatic carbocycles. The van der Waals surface area contributed by atoms with E-state index < -0.39 is 0 Å². The molecule has 1 rings (SSSR count). The Morgan fingerprint density at radius 1 is 1.44 bits per heavy atom. The quantitative estimate of drug-likeness (QED) is 0.825. The Morgan fingerprint density at radius 3 is 2.78 bits per heavy atom. The highest BCUT2D eigenvalue weighted by Crippen LogP contribution is 2.25. The summed E-state index contributed by atoms with van der Waals surface area (Å²) in [5.74, 6) is 2.82. The van der Waals surface area contributed by atoms with Crippen molar-refractivity contribution in [1.82, 2.24) is 5.32 Å². The second kappa shape index (κ2) is 6.11. The number of hydrogen-bond donors (Lipinski definition) is 1. The summed E-state index contributed by atoms with van der Waals surface area (Å²) in [6, 6.07) is 7.76. The molecular weight excluding hydrogens is 226 g/mol. The van der Waals surface area contributed by atoms with Gasteiger partial charge in [-0.1, -0.05) is 38.8 Å². The van der Waals surface area contributed by atoms with E-state index in [-0.39, 0.29) is 24.5 Å². The van der Waals surface area contributed by atoms with Crippen molar-refractivity contribution < 1.29 is 9.53 Å². The van der Waals surface area contributed by atoms with E-state index in [4.69, 9.17) is 11.2 Å². The highest BCUT2D eigenvalue weighted by Gasteiger charge is 2.14. The smallest absolute Gasteiger partial charge is 0.258 e. The monoisotopic (exact) mass is 245 g/mol. The molecule has 0 aliphatic heterocycles. The van der Waals surface area contributed by atoms with Crippen molar-refractivity contribution in [2.24, 2.45) is 0 Å². The first-order valence-electron chi connectivity index (χ1n) is 5.87. The minimum absolute atomic E-state index is 0.0186. The molecule has 0 saturated heterocycles. The van der Waals surface area contributed by atoms with Crippen LogP contribution in [-0.2, 0) is 10.2 Å². The molecule has 0 fully saturated rings. The molecule has 0 aromatic heterocycles. The molecule has 0 saturated carbocycles. The van der Waals surface area contributed by atoms with Gasteiger partial charge in [0.15, 0.2) is 6.61 Å². The predicted octanol–water partition coefficient (Wildman–Crippen LogP) is 2.11. The number of amides is 1. The first-order valence-corrected chi connectivity index (χ1v) is 5.87. The van der Waals surface area contributed by atoms with Crippen molar-refractivity contribution in [2.45, 2.75) is 26.2 Å². The van der Waals surface area contributed by atoms with E-state index in [0.717, 1.165) is 0 Å². The first kappa shape index (κ1) is 14.1. The maximum atomic E-state index is 11.3. The van der Waals surface area contributed by atoms with Crippen LogP contribution in [0.2, 0.25) is 0 Å². The lowest BCUT2D eigenvalue weighted by atomic mass is 9.87. The van der Waals surface area contributed by atoms with Gasteiger partial charge in [0.25, 0.3) is 5.91 Å². The maximum Gasteiger partial charge on any atom is 0.258 e. The minimum atomic E-state index is -0.214. The van der Waals surface area contributed by atoms with Crippen LogP contribution in [0.1, 0.15) is 26.3 Å². The fraction of sp³-hybridized carbons (Fsp3) is 0.400. The summed E-state index contributed by atoms with van der Waals surface area (Å²) < 4.78 is 5.42. The third kappa shape index (κ3) is 4.50. The average molecular weight is 245 g/mol. The summed E-state index contributed by atoms with van der Waals surface area (Å²) in [5, 5.41) is 2.55. The van der Waals surface area contributed by atoms with Crippen LogP contribution in [0.5, 0.6) is 5.75 Å². The Morgan fingerprint density at radius 2 is 2.17 bits per heavy atom. The molecular formula is C15H19NO2. The van der Waals surface area contributed by atoms with E-state index in [0.29, 0.717) is 5.75 Å². The van der Waals surface area contributed by atoms with Crippen molar-refractivity contribution in [1.29, 1.82) is 0 Å². The number of carbonyl (C=O) groups is 1. The molecule has 0 unspecified atom stereocenters. The zero-order chi connectivity index (χ0) is 13.6. The first-order chi connectivity index (χ1) is 8.43. The van der Waals surface area contributed by atoms with Crippen LogP contribution < -0.4 is 10.1 Å². The van der Waals surface area contributed by atoms with Gasteiger partial charge in [-0.3, -0.25) is 4.79 Å². The topological polar surface area (TPSA) is 38.3 Å². The van der Waals surface area contributed by atoms with Gasteiger partial charge in [0.2, 0.25) is 0 Å². The number of rotatable bonds is 4. The Bertz CT molecular complexity index is 452. The summed E-state index contributed by atoms with van der Waals surface area (Å²) in [7, 11) is 0. The van der Waals surface area contributed by atoms with Crippen LogP contribution in [0.4, 0.5) is 0 Å². The zero-order valence-electron chi connectivity index (χ0n) is 11.1. The number of benzene rings is 1. The average Bonchev–Trinajstić information content (AvgIpc) is 2.33. The van der Waals surface area contributed by atoms with E-state index in [1.807, 2.05) is 24.3 Å². The van der Waals surface area contributed by atoms with Gasteiger partial charge in [-0.15, -0.1) is 6.42 Å². The van der Waals surface area contributed by atoms with Gasteiger partial charge in [0, 0.05) is 0 Å². The van der Waals surface area contributed by atoms with E-state index in [2.05, 4.69) is 32.0 Å². The maximum absolute atomic E-state index is 11.3. The Labute approximate surface area is 109 Å². The molecule has 0 aliphatic rings. The van der Waals surface area contributed by atoms with E-state index in [9.17, 15) is 4.79 Å². The summed E-state index contributed by atoms with van der Waals surface area (Å²) in [6.45, 7) is 6.60. The molecule has 0 bridgehead atoms. The molecule has 0 atom stereocenters. The second-order valence-corrected chi connectivity index (χ2v) is 5.05. The van der Waals surface area contributed by atoms with Crippen LogP contribution in [0.3, 0.4) is 0 Å². The molecule has 1 amide bonds. The molecule has 0 radical (unpaired) electrons. The van der Waals surface area contributed by atoms with Gasteiger partial charge in [-0.05, 0) is 23.1 Å². The van der Waals surface area contributed by atoms with Crippen LogP contribution >= 0.6 is 0 Å². The predicted molar refractivity (Wildman–Crippen MR) is 72.5 cm³/mol. The standard InChI is InChI=1S/C15H19NO2/c1-5-9-16-14(17)11-18-13-8-6-7-12(10-13)15(2,3)4/h1,6-8,10H,9,11H2,2-4H3,(H,16,17). The van der Waals surface area contributed by atoms with Crippen LogP contribution in [0.15, 0.2) is 24.3 Å². The summed E-state index contributed by atoms with van der Waals surface area (Å²) in [5.41, 5.74) is 1.23. The van der Waals surface area contributed by atoms with Gasteiger partial charge in [-0.2, -0.15) is 0 Å². The summed E-state index contributed by atoms with van der Waals surface area (Å²) >= 11 is 0. The van der Waals surface area contributed by atoms with Gasteiger partial charge in [0.1, 0.15) is 5.75 Å². The lowest BCUT2D eigenvalue weighted by Crippen LogP contribution is -2.29. The molecule has 1 aromatic carbocycles. The van der Waals surface area contributed by atoms with Crippen molar-refractivity contribution >= 4 is 5.91 Å². The van der Waals surface area contributed by atoms with E-state index >= 15 is 0 Å². The van der Waals surface area contributed by atoms with Crippen LogP contribution in [0, 0.1) is 12.3 Å². The van der Waals surface area contributed by atoms with E-state index in [1.54, 1.807) is 0 Å². The largest absolute Gasteiger partial charge is 0.484 e. The molecule has 1 N–H and O–H groups in total. The van der Waals surface area contributed by atoms with Gasteiger partial charge in [-0.25, -0.2) is 0 Å². The second-order valence-electron chi connectivity index (χ2n) is 5.05. The zero-order valence-corrected chi connectivity index (χ0v) is 11.1. The highest BCUT2D eigenvalue weighted by atomic mass is 16.5. The number of hydrogen-bond acceptors (Lipinski definition) is 2. The Kier molecular flexibility index (Phi) is 4.79. The molecule has 1 aromatic rings. The number of nitrogens with one attached hydrogen (secondary N) is 1. The lowest BCUT2D eigenvalue weighted by Gasteiger charge is -2.19. The van der Waals surface area contributed by atoms with Crippen molar-refractivity contribution in [3.05, 3.63) is 29.8 Å². The molecule has 3 heteroatoms. The summed E-state index contributed by atoms with van der Waals surface area (Å²) in [6.07, 6.45) is 5.05. The van der Waals surface area contributed by atoms with Crippen LogP contribution in [-0.4, -0.2) is 19.1 Å². The molecule has 18 heavy (non-hydrogen) atoms. The van der Waals surface area contributed by atoms with Crippen LogP contribution in [0.25, 0.3) is 0 Å². The third-order valence-corrected chi connectivity index (χ3v) is 2.46. The molecule has 3 nitrogen and oxygen atoms in total. The van der Waals surface area contributed by atoms with Gasteiger partial charge in [0.05, 0.1) is 6.54 Å². The van der Waals surface area contributed by atoms with E-state index in [1.165, 1.54) is 5.56 Å². The van der Waals surface area contributed by atoms with Gasteiger partial charge >= 0.3 is 0 Å². The third-order valence-electron chi connectivity index (χ3n) is 2.46. The number of carbonyl (C=O) groups excluding carboxylic acids is 1. The molecule has 0 heterocycles. The molecule has 96 valence electrons. The minimum Gasteiger partial charge on any atom is -0.484 e. The normalized spacial score (nSPS) is 10.6. The number of terminal acetylenes is 1. The fourth-order valence-corrected chi connectivity index (χ4v) is 1.40. The number of ether oxygens (including phenoxy) is 1. The lowest BCUT2D eigenvalue weighted by molar-refractivity contribution is -0.122. The molecule has 0 spiro atoms.